The van der Waals surface area contributed by atoms with Gasteiger partial charge in [0.25, 0.3) is 0 Å². The number of rotatable bonds is 4. The summed E-state index contributed by atoms with van der Waals surface area (Å²) in [6.07, 6.45) is 9.42. The molecule has 0 aliphatic rings. The Hall–Kier alpha value is -2.54. The summed E-state index contributed by atoms with van der Waals surface area (Å²) in [5, 5.41) is 10.9. The van der Waals surface area contributed by atoms with E-state index in [1.54, 1.807) is 18.0 Å². The Bertz CT molecular complexity index is 878. The molecule has 0 aliphatic heterocycles. The van der Waals surface area contributed by atoms with Crippen LogP contribution >= 0.6 is 11.8 Å². The fraction of sp³-hybridized carbons (Fsp3) is 0.435. The van der Waals surface area contributed by atoms with Crippen LogP contribution in [-0.2, 0) is 0 Å². The smallest absolute Gasteiger partial charge is 0.165 e. The van der Waals surface area contributed by atoms with Crippen LogP contribution in [0.5, 0.6) is 0 Å². The van der Waals surface area contributed by atoms with Crippen LogP contribution < -0.4 is 5.32 Å². The van der Waals surface area contributed by atoms with Gasteiger partial charge in [0.1, 0.15) is 5.69 Å². The highest BCUT2D eigenvalue weighted by atomic mass is 32.2. The zero-order valence-corrected chi connectivity index (χ0v) is 20.8. The minimum absolute atomic E-state index is 0.345. The molecule has 0 saturated heterocycles. The quantitative estimate of drug-likeness (QED) is 0.348. The fourth-order valence-corrected chi connectivity index (χ4v) is 2.63. The zero-order chi connectivity index (χ0) is 23.1. The van der Waals surface area contributed by atoms with Crippen molar-refractivity contribution >= 4 is 28.3 Å². The molecule has 30 heavy (non-hydrogen) atoms. The highest BCUT2D eigenvalue weighted by molar-refractivity contribution is 8.13. The number of pyridine rings is 1. The van der Waals surface area contributed by atoms with Gasteiger partial charge in [-0.25, -0.2) is 9.98 Å². The molecule has 0 aliphatic carbocycles. The van der Waals surface area contributed by atoms with E-state index in [1.165, 1.54) is 0 Å². The van der Waals surface area contributed by atoms with Crippen LogP contribution in [0.3, 0.4) is 0 Å². The van der Waals surface area contributed by atoms with Crippen molar-refractivity contribution in [3.05, 3.63) is 49.2 Å². The second kappa shape index (κ2) is 15.3. The monoisotopic (exact) mass is 430 g/mol. The lowest BCUT2D eigenvalue weighted by Crippen LogP contribution is -2.21. The first-order valence-electron chi connectivity index (χ1n) is 10.6. The zero-order valence-electron chi connectivity index (χ0n) is 19.9. The second-order valence-electron chi connectivity index (χ2n) is 5.64. The molecule has 2 N–H and O–H groups in total. The van der Waals surface area contributed by atoms with Crippen LogP contribution in [0, 0.1) is 5.92 Å². The summed E-state index contributed by atoms with van der Waals surface area (Å²) in [7, 11) is 0. The fourth-order valence-electron chi connectivity index (χ4n) is 2.20. The van der Waals surface area contributed by atoms with Crippen molar-refractivity contribution in [3.63, 3.8) is 0 Å². The molecule has 0 aromatic carbocycles. The molecule has 7 heteroatoms. The minimum atomic E-state index is 0.345. The number of imidazole rings is 1. The number of thioether (sulfide) groups is 1. The first-order chi connectivity index (χ1) is 14.6. The van der Waals surface area contributed by atoms with Gasteiger partial charge in [-0.2, -0.15) is 5.10 Å². The molecule has 3 aromatic heterocycles. The molecule has 3 heterocycles. The largest absolute Gasteiger partial charge is 0.339 e. The molecule has 3 rings (SSSR count). The highest BCUT2D eigenvalue weighted by Gasteiger charge is 2.11. The average molecular weight is 431 g/mol. The Balaban J connectivity index is 0.00000129. The number of aromatic nitrogens is 4. The number of aromatic amines is 1. The van der Waals surface area contributed by atoms with Crippen LogP contribution in [-0.4, -0.2) is 31.0 Å². The van der Waals surface area contributed by atoms with Gasteiger partial charge in [-0.15, -0.1) is 0 Å². The lowest BCUT2D eigenvalue weighted by Gasteiger charge is -2.13. The molecule has 0 atom stereocenters. The van der Waals surface area contributed by atoms with E-state index >= 15 is 0 Å². The summed E-state index contributed by atoms with van der Waals surface area (Å²) in [5.41, 5.74) is 4.51. The maximum absolute atomic E-state index is 4.72. The summed E-state index contributed by atoms with van der Waals surface area (Å²) < 4.78 is 2.01. The second-order valence-corrected chi connectivity index (χ2v) is 6.44. The third kappa shape index (κ3) is 7.37. The molecule has 0 saturated carbocycles. The number of nitrogens with one attached hydrogen (secondary N) is 2. The van der Waals surface area contributed by atoms with Gasteiger partial charge in [-0.3, -0.25) is 9.50 Å². The summed E-state index contributed by atoms with van der Waals surface area (Å²) >= 11 is 1.55. The average Bonchev–Trinajstić information content (AvgIpc) is 3.47. The number of allylic oxidation sites excluding steroid dienone is 1. The van der Waals surface area contributed by atoms with Crippen molar-refractivity contribution in [2.45, 2.75) is 55.4 Å². The summed E-state index contributed by atoms with van der Waals surface area (Å²) in [6, 6.07) is 3.92. The van der Waals surface area contributed by atoms with Crippen LogP contribution in [0.4, 0.5) is 5.69 Å². The number of fused-ring (bicyclic) bond motifs is 1. The van der Waals surface area contributed by atoms with Crippen molar-refractivity contribution in [1.29, 1.82) is 0 Å². The SMILES string of the molecule is C=C(NC(=Nc1cccn2c(-c3cn[nH]c3)cnc12)SC)C(C)C.CC.CC.CC. The van der Waals surface area contributed by atoms with Crippen LogP contribution in [0.15, 0.2) is 54.2 Å². The Morgan fingerprint density at radius 2 is 1.83 bits per heavy atom. The van der Waals surface area contributed by atoms with E-state index in [1.807, 2.05) is 82.9 Å². The third-order valence-corrected chi connectivity index (χ3v) is 4.27. The standard InChI is InChI=1S/C17H20N6S.3C2H6/c1-11(2)12(3)21-17(24-4)22-14-6-5-7-23-15(10-18-16(14)23)13-8-19-20-9-13;3*1-2/h5-11H,3H2,1-2,4H3,(H,19,20)(H,21,22);3*1-2H3. The molecule has 0 radical (unpaired) electrons. The Labute approximate surface area is 186 Å². The van der Waals surface area contributed by atoms with E-state index in [0.717, 1.165) is 33.5 Å². The third-order valence-electron chi connectivity index (χ3n) is 3.69. The van der Waals surface area contributed by atoms with E-state index in [9.17, 15) is 0 Å². The van der Waals surface area contributed by atoms with Gasteiger partial charge in [-0.1, -0.05) is 73.7 Å². The van der Waals surface area contributed by atoms with E-state index in [4.69, 9.17) is 4.99 Å². The number of amidine groups is 1. The Morgan fingerprint density at radius 3 is 2.37 bits per heavy atom. The molecule has 6 nitrogen and oxygen atoms in total. The predicted octanol–water partition coefficient (Wildman–Crippen LogP) is 6.91. The van der Waals surface area contributed by atoms with Crippen molar-refractivity contribution < 1.29 is 0 Å². The normalized spacial score (nSPS) is 10.3. The predicted molar refractivity (Wildman–Crippen MR) is 135 cm³/mol. The van der Waals surface area contributed by atoms with Gasteiger partial charge in [0.15, 0.2) is 10.8 Å². The van der Waals surface area contributed by atoms with Gasteiger partial charge in [0, 0.05) is 23.7 Å². The Morgan fingerprint density at radius 1 is 1.17 bits per heavy atom. The van der Waals surface area contributed by atoms with Gasteiger partial charge in [-0.05, 0) is 24.3 Å². The van der Waals surface area contributed by atoms with E-state index in [-0.39, 0.29) is 0 Å². The first kappa shape index (κ1) is 27.5. The summed E-state index contributed by atoms with van der Waals surface area (Å²) in [6.45, 7) is 20.2. The van der Waals surface area contributed by atoms with Crippen LogP contribution in [0.1, 0.15) is 55.4 Å². The first-order valence-corrected chi connectivity index (χ1v) is 11.9. The van der Waals surface area contributed by atoms with Gasteiger partial charge >= 0.3 is 0 Å². The van der Waals surface area contributed by atoms with Crippen LogP contribution in [0.25, 0.3) is 16.9 Å². The molecule has 0 fully saturated rings. The topological polar surface area (TPSA) is 70.4 Å². The van der Waals surface area contributed by atoms with Gasteiger partial charge in [0.2, 0.25) is 0 Å². The lowest BCUT2D eigenvalue weighted by atomic mass is 10.2. The number of H-pyrrole nitrogens is 1. The molecule has 3 aromatic rings. The van der Waals surface area contributed by atoms with E-state index < -0.39 is 0 Å². The number of hydrogen-bond acceptors (Lipinski definition) is 4. The van der Waals surface area contributed by atoms with Crippen molar-refractivity contribution in [3.8, 4) is 11.3 Å². The van der Waals surface area contributed by atoms with E-state index in [0.29, 0.717) is 5.92 Å². The lowest BCUT2D eigenvalue weighted by molar-refractivity contribution is 0.733. The summed E-state index contributed by atoms with van der Waals surface area (Å²) in [5.74, 6) is 0.345. The number of hydrogen-bond donors (Lipinski definition) is 2. The Kier molecular flexibility index (Phi) is 14.0. The molecule has 0 unspecified atom stereocenters. The van der Waals surface area contributed by atoms with Gasteiger partial charge in [0.05, 0.1) is 18.1 Å². The molecule has 0 bridgehead atoms. The molecule has 0 spiro atoms. The number of aliphatic imine (C=N–C) groups is 1. The highest BCUT2D eigenvalue weighted by Crippen LogP contribution is 2.26. The minimum Gasteiger partial charge on any atom is -0.339 e. The number of nitrogens with zero attached hydrogens (tertiary/aromatic N) is 4. The van der Waals surface area contributed by atoms with Gasteiger partial charge < -0.3 is 5.32 Å². The molecular formula is C23H38N6S. The van der Waals surface area contributed by atoms with Crippen LogP contribution in [0.2, 0.25) is 0 Å². The molecule has 0 amide bonds. The molecule has 166 valence electrons. The van der Waals surface area contributed by atoms with E-state index in [2.05, 4.69) is 40.9 Å². The maximum atomic E-state index is 4.72. The van der Waals surface area contributed by atoms with Crippen molar-refractivity contribution in [2.75, 3.05) is 6.26 Å². The van der Waals surface area contributed by atoms with Crippen molar-refractivity contribution in [2.24, 2.45) is 10.9 Å². The summed E-state index contributed by atoms with van der Waals surface area (Å²) in [4.78, 5) is 9.25. The van der Waals surface area contributed by atoms with Crippen molar-refractivity contribution in [1.82, 2.24) is 24.9 Å². The molecular weight excluding hydrogens is 392 g/mol. The maximum Gasteiger partial charge on any atom is 0.165 e.